The Morgan fingerprint density at radius 3 is 2.60 bits per heavy atom. The van der Waals surface area contributed by atoms with Crippen LogP contribution < -0.4 is 0 Å². The molecule has 0 spiro atoms. The van der Waals surface area contributed by atoms with Crippen LogP contribution in [0.15, 0.2) is 0 Å². The highest BCUT2D eigenvalue weighted by Crippen LogP contribution is 2.18. The molecule has 1 amide bonds. The van der Waals surface area contributed by atoms with Gasteiger partial charge in [0.1, 0.15) is 12.3 Å². The summed E-state index contributed by atoms with van der Waals surface area (Å²) in [6, 6.07) is 0. The van der Waals surface area contributed by atoms with Crippen LogP contribution in [0.1, 0.15) is 6.42 Å². The molecular formula is C7H12FNO5S. The molecule has 0 aromatic heterocycles. The molecule has 1 fully saturated rings. The predicted octanol–water partition coefficient (Wildman–Crippen LogP) is 0.0530. The van der Waals surface area contributed by atoms with E-state index in [0.29, 0.717) is 0 Å². The van der Waals surface area contributed by atoms with E-state index < -0.39 is 28.5 Å². The number of halogens is 1. The lowest BCUT2D eigenvalue weighted by Gasteiger charge is -2.31. The maximum Gasteiger partial charge on any atom is 0.407 e. The number of hydrogen-bond acceptors (Lipinski definition) is 4. The molecule has 1 aliphatic heterocycles. The highest BCUT2D eigenvalue weighted by atomic mass is 32.2. The lowest BCUT2D eigenvalue weighted by molar-refractivity contribution is 0.0289. The Hall–Kier alpha value is -0.890. The van der Waals surface area contributed by atoms with Gasteiger partial charge in [-0.25, -0.2) is 9.18 Å². The van der Waals surface area contributed by atoms with Gasteiger partial charge in [-0.1, -0.05) is 0 Å². The van der Waals surface area contributed by atoms with E-state index in [9.17, 15) is 17.6 Å². The highest BCUT2D eigenvalue weighted by Gasteiger charge is 2.34. The van der Waals surface area contributed by atoms with Crippen LogP contribution in [0.2, 0.25) is 0 Å². The Morgan fingerprint density at radius 2 is 2.20 bits per heavy atom. The van der Waals surface area contributed by atoms with Gasteiger partial charge in [0.25, 0.3) is 10.1 Å². The molecule has 15 heavy (non-hydrogen) atoms. The second-order valence-electron chi connectivity index (χ2n) is 3.37. The van der Waals surface area contributed by atoms with Crippen molar-refractivity contribution in [3.63, 3.8) is 0 Å². The van der Waals surface area contributed by atoms with Crippen molar-refractivity contribution >= 4 is 16.2 Å². The van der Waals surface area contributed by atoms with Gasteiger partial charge in [-0.05, 0) is 6.42 Å². The van der Waals surface area contributed by atoms with Gasteiger partial charge < -0.3 is 10.0 Å². The molecule has 1 aliphatic rings. The number of carbonyl (C=O) groups is 1. The minimum absolute atomic E-state index is 0.0422. The molecule has 0 bridgehead atoms. The zero-order chi connectivity index (χ0) is 11.6. The molecule has 8 heteroatoms. The average molecular weight is 241 g/mol. The quantitative estimate of drug-likeness (QED) is 0.691. The first-order valence-corrected chi connectivity index (χ1v) is 6.11. The number of rotatable bonds is 2. The highest BCUT2D eigenvalue weighted by molar-refractivity contribution is 7.86. The molecule has 0 saturated carbocycles. The summed E-state index contributed by atoms with van der Waals surface area (Å²) >= 11 is 0. The molecule has 0 aromatic carbocycles. The van der Waals surface area contributed by atoms with Gasteiger partial charge in [0.15, 0.2) is 0 Å². The Balaban J connectivity index is 2.57. The Bertz CT molecular complexity index is 343. The largest absolute Gasteiger partial charge is 0.465 e. The van der Waals surface area contributed by atoms with Crippen molar-refractivity contribution in [1.29, 1.82) is 0 Å². The zero-order valence-corrected chi connectivity index (χ0v) is 8.91. The van der Waals surface area contributed by atoms with Crippen molar-refractivity contribution < 1.29 is 26.9 Å². The first-order valence-electron chi connectivity index (χ1n) is 4.30. The van der Waals surface area contributed by atoms with Gasteiger partial charge in [-0.2, -0.15) is 8.42 Å². The monoisotopic (exact) mass is 241 g/mol. The Morgan fingerprint density at radius 1 is 1.60 bits per heavy atom. The van der Waals surface area contributed by atoms with E-state index in [1.165, 1.54) is 0 Å². The van der Waals surface area contributed by atoms with Crippen molar-refractivity contribution in [2.45, 2.75) is 18.7 Å². The molecule has 0 unspecified atom stereocenters. The van der Waals surface area contributed by atoms with E-state index in [1.54, 1.807) is 0 Å². The topological polar surface area (TPSA) is 83.9 Å². The molecule has 1 N–H and O–H groups in total. The minimum atomic E-state index is -3.70. The Labute approximate surface area is 86.8 Å². The minimum Gasteiger partial charge on any atom is -0.465 e. The fourth-order valence-electron chi connectivity index (χ4n) is 1.39. The maximum atomic E-state index is 13.3. The van der Waals surface area contributed by atoms with E-state index >= 15 is 0 Å². The van der Waals surface area contributed by atoms with Crippen molar-refractivity contribution in [3.8, 4) is 0 Å². The summed E-state index contributed by atoms with van der Waals surface area (Å²) in [7, 11) is -3.70. The normalized spacial score (nSPS) is 27.7. The van der Waals surface area contributed by atoms with E-state index in [2.05, 4.69) is 4.18 Å². The number of hydrogen-bond donors (Lipinski definition) is 1. The third-order valence-corrected chi connectivity index (χ3v) is 2.65. The number of carboxylic acid groups (broad SMARTS) is 1. The average Bonchev–Trinajstić information content (AvgIpc) is 2.05. The van der Waals surface area contributed by atoms with Crippen LogP contribution >= 0.6 is 0 Å². The molecule has 6 nitrogen and oxygen atoms in total. The fraction of sp³-hybridized carbons (Fsp3) is 0.857. The summed E-state index contributed by atoms with van der Waals surface area (Å²) in [5, 5.41) is 8.58. The molecule has 88 valence electrons. The molecule has 0 aromatic rings. The molecule has 0 aliphatic carbocycles. The first-order chi connectivity index (χ1) is 6.79. The third kappa shape index (κ3) is 3.63. The van der Waals surface area contributed by atoms with Crippen LogP contribution in [0, 0.1) is 0 Å². The number of amides is 1. The lowest BCUT2D eigenvalue weighted by atomic mass is 10.1. The molecular weight excluding hydrogens is 229 g/mol. The van der Waals surface area contributed by atoms with Crippen LogP contribution in [0.5, 0.6) is 0 Å². The van der Waals surface area contributed by atoms with E-state index in [0.717, 1.165) is 11.2 Å². The second-order valence-corrected chi connectivity index (χ2v) is 4.97. The molecule has 0 radical (unpaired) electrons. The summed E-state index contributed by atoms with van der Waals surface area (Å²) in [5.41, 5.74) is 0. The van der Waals surface area contributed by atoms with E-state index in [1.807, 2.05) is 0 Å². The molecule has 1 rings (SSSR count). The predicted molar refractivity (Wildman–Crippen MR) is 48.8 cm³/mol. The third-order valence-electron chi connectivity index (χ3n) is 2.05. The van der Waals surface area contributed by atoms with Crippen molar-refractivity contribution in [1.82, 2.24) is 4.90 Å². The van der Waals surface area contributed by atoms with Gasteiger partial charge in [0.2, 0.25) is 0 Å². The van der Waals surface area contributed by atoms with Gasteiger partial charge in [-0.15, -0.1) is 0 Å². The van der Waals surface area contributed by atoms with Crippen molar-refractivity contribution in [2.75, 3.05) is 19.3 Å². The number of likely N-dealkylation sites (tertiary alicyclic amines) is 1. The summed E-state index contributed by atoms with van der Waals surface area (Å²) < 4.78 is 39.3. The summed E-state index contributed by atoms with van der Waals surface area (Å²) in [4.78, 5) is 11.4. The molecule has 2 atom stereocenters. The molecule has 1 heterocycles. The van der Waals surface area contributed by atoms with Crippen LogP contribution in [0.25, 0.3) is 0 Å². The number of nitrogens with zero attached hydrogens (tertiary/aromatic N) is 1. The van der Waals surface area contributed by atoms with Crippen molar-refractivity contribution in [2.24, 2.45) is 0 Å². The SMILES string of the molecule is CS(=O)(=O)O[C@@H]1CCN(C(=O)O)C[C@H]1F. The summed E-state index contributed by atoms with van der Waals surface area (Å²) in [5.74, 6) is 0. The molecule has 1 saturated heterocycles. The maximum absolute atomic E-state index is 13.3. The van der Waals surface area contributed by atoms with Gasteiger partial charge >= 0.3 is 6.09 Å². The van der Waals surface area contributed by atoms with Crippen LogP contribution in [-0.2, 0) is 14.3 Å². The standard InChI is InChI=1S/C7H12FNO5S/c1-15(12,13)14-6-2-3-9(7(10)11)4-5(6)8/h5-6H,2-4H2,1H3,(H,10,11)/t5-,6-/m1/s1. The van der Waals surface area contributed by atoms with Crippen LogP contribution in [0.4, 0.5) is 9.18 Å². The Kier molecular flexibility index (Phi) is 3.50. The summed E-state index contributed by atoms with van der Waals surface area (Å²) in [6.45, 7) is -0.272. The summed E-state index contributed by atoms with van der Waals surface area (Å²) in [6.07, 6.45) is -3.01. The van der Waals surface area contributed by atoms with Crippen molar-refractivity contribution in [3.05, 3.63) is 0 Å². The van der Waals surface area contributed by atoms with Crippen LogP contribution in [0.3, 0.4) is 0 Å². The number of piperidine rings is 1. The number of alkyl halides is 1. The smallest absolute Gasteiger partial charge is 0.407 e. The van der Waals surface area contributed by atoms with E-state index in [-0.39, 0.29) is 19.5 Å². The fourth-order valence-corrected chi connectivity index (χ4v) is 2.06. The van der Waals surface area contributed by atoms with E-state index in [4.69, 9.17) is 5.11 Å². The first kappa shape index (κ1) is 12.2. The van der Waals surface area contributed by atoms with Gasteiger partial charge in [0, 0.05) is 6.54 Å². The van der Waals surface area contributed by atoms with Crippen LogP contribution in [-0.4, -0.2) is 56.1 Å². The lowest BCUT2D eigenvalue weighted by Crippen LogP contribution is -2.48. The second kappa shape index (κ2) is 4.31. The zero-order valence-electron chi connectivity index (χ0n) is 8.09. The van der Waals surface area contributed by atoms with Gasteiger partial charge in [0.05, 0.1) is 12.8 Å². The van der Waals surface area contributed by atoms with Gasteiger partial charge in [-0.3, -0.25) is 4.18 Å².